The topological polar surface area (TPSA) is 77.8 Å². The fourth-order valence-electron chi connectivity index (χ4n) is 4.21. The summed E-state index contributed by atoms with van der Waals surface area (Å²) in [5.41, 5.74) is -1.45. The van der Waals surface area contributed by atoms with Crippen molar-refractivity contribution in [3.05, 3.63) is 48.0 Å². The van der Waals surface area contributed by atoms with Gasteiger partial charge in [-0.3, -0.25) is 4.79 Å². The maximum absolute atomic E-state index is 13.2. The highest BCUT2D eigenvalue weighted by atomic mass is 16.4. The van der Waals surface area contributed by atoms with Crippen molar-refractivity contribution in [2.75, 3.05) is 6.54 Å². The second-order valence-corrected chi connectivity index (χ2v) is 7.98. The Bertz CT molecular complexity index is 849. The average molecular weight is 355 g/mol. The molecule has 0 bridgehead atoms. The van der Waals surface area contributed by atoms with E-state index in [2.05, 4.69) is 0 Å². The molecule has 0 spiro atoms. The third-order valence-corrected chi connectivity index (χ3v) is 5.59. The number of aliphatic hydroxyl groups is 1. The number of nitrogens with zero attached hydrogens (tertiary/aromatic N) is 1. The van der Waals surface area contributed by atoms with Gasteiger partial charge in [0.25, 0.3) is 5.91 Å². The van der Waals surface area contributed by atoms with E-state index < -0.39 is 28.9 Å². The van der Waals surface area contributed by atoms with Gasteiger partial charge >= 0.3 is 5.97 Å². The lowest BCUT2D eigenvalue weighted by molar-refractivity contribution is -0.168. The minimum Gasteiger partial charge on any atom is -0.479 e. The molecule has 0 aromatic heterocycles. The van der Waals surface area contributed by atoms with E-state index in [-0.39, 0.29) is 0 Å². The lowest BCUT2D eigenvalue weighted by atomic mass is 9.71. The number of fused-ring (bicyclic) bond motifs is 1. The molecule has 5 nitrogen and oxygen atoms in total. The number of aliphatic carboxylic acids is 1. The van der Waals surface area contributed by atoms with Crippen LogP contribution in [-0.4, -0.2) is 39.1 Å². The van der Waals surface area contributed by atoms with Gasteiger partial charge in [-0.25, -0.2) is 4.79 Å². The summed E-state index contributed by atoms with van der Waals surface area (Å²) in [5.74, 6) is -1.56. The zero-order valence-electron chi connectivity index (χ0n) is 15.4. The molecule has 1 heterocycles. The molecule has 2 aromatic carbocycles. The Morgan fingerprint density at radius 1 is 1.12 bits per heavy atom. The molecule has 5 heteroatoms. The van der Waals surface area contributed by atoms with Crippen LogP contribution in [-0.2, 0) is 9.59 Å². The number of carboxylic acids is 1. The van der Waals surface area contributed by atoms with Crippen LogP contribution in [0.2, 0.25) is 0 Å². The summed E-state index contributed by atoms with van der Waals surface area (Å²) < 4.78 is 0. The smallest absolute Gasteiger partial charge is 0.330 e. The van der Waals surface area contributed by atoms with Crippen LogP contribution in [0.5, 0.6) is 0 Å². The van der Waals surface area contributed by atoms with Crippen molar-refractivity contribution in [2.24, 2.45) is 5.41 Å². The Kier molecular flexibility index (Phi) is 4.53. The van der Waals surface area contributed by atoms with Crippen LogP contribution in [0, 0.1) is 5.41 Å². The first-order chi connectivity index (χ1) is 12.2. The number of hydrogen-bond donors (Lipinski definition) is 2. The first kappa shape index (κ1) is 18.4. The second-order valence-electron chi connectivity index (χ2n) is 7.98. The fourth-order valence-corrected chi connectivity index (χ4v) is 4.21. The monoisotopic (exact) mass is 355 g/mol. The number of hydrogen-bond acceptors (Lipinski definition) is 3. The van der Waals surface area contributed by atoms with Crippen LogP contribution in [0.15, 0.2) is 42.5 Å². The molecule has 1 aliphatic heterocycles. The van der Waals surface area contributed by atoms with E-state index in [4.69, 9.17) is 0 Å². The lowest BCUT2D eigenvalue weighted by Crippen LogP contribution is -2.61. The van der Waals surface area contributed by atoms with E-state index in [9.17, 15) is 19.8 Å². The molecule has 3 rings (SSSR count). The van der Waals surface area contributed by atoms with Crippen molar-refractivity contribution in [1.82, 2.24) is 4.90 Å². The summed E-state index contributed by atoms with van der Waals surface area (Å²) >= 11 is 0. The highest BCUT2D eigenvalue weighted by Gasteiger charge is 2.58. The number of carbonyl (C=O) groups excluding carboxylic acids is 1. The van der Waals surface area contributed by atoms with Crippen molar-refractivity contribution >= 4 is 22.6 Å². The van der Waals surface area contributed by atoms with Gasteiger partial charge in [0, 0.05) is 6.54 Å². The summed E-state index contributed by atoms with van der Waals surface area (Å²) in [7, 11) is 0. The number of aliphatic hydroxyl groups excluding tert-OH is 1. The summed E-state index contributed by atoms with van der Waals surface area (Å²) in [5, 5.41) is 22.5. The number of likely N-dealkylation sites (tertiary alicyclic amines) is 1. The van der Waals surface area contributed by atoms with Crippen LogP contribution in [0.25, 0.3) is 10.8 Å². The minimum atomic E-state index is -1.39. The molecule has 1 saturated heterocycles. The highest BCUT2D eigenvalue weighted by Crippen LogP contribution is 2.45. The van der Waals surface area contributed by atoms with Gasteiger partial charge in [-0.05, 0) is 34.6 Å². The third-order valence-electron chi connectivity index (χ3n) is 5.59. The first-order valence-corrected chi connectivity index (χ1v) is 8.91. The number of amides is 1. The largest absolute Gasteiger partial charge is 0.479 e. The Hall–Kier alpha value is -2.40. The Labute approximate surface area is 153 Å². The van der Waals surface area contributed by atoms with Crippen LogP contribution in [0.4, 0.5) is 0 Å². The highest BCUT2D eigenvalue weighted by molar-refractivity contribution is 5.95. The van der Waals surface area contributed by atoms with Crippen molar-refractivity contribution in [3.8, 4) is 0 Å². The van der Waals surface area contributed by atoms with Gasteiger partial charge in [0.05, 0.1) is 0 Å². The molecule has 2 atom stereocenters. The molecule has 1 amide bonds. The van der Waals surface area contributed by atoms with Crippen molar-refractivity contribution in [2.45, 2.75) is 45.3 Å². The fraction of sp³-hybridized carbons (Fsp3) is 0.429. The summed E-state index contributed by atoms with van der Waals surface area (Å²) in [4.78, 5) is 26.7. The van der Waals surface area contributed by atoms with Gasteiger partial charge in [0.1, 0.15) is 5.54 Å². The summed E-state index contributed by atoms with van der Waals surface area (Å²) in [6, 6.07) is 13.0. The Balaban J connectivity index is 2.04. The van der Waals surface area contributed by atoms with Crippen molar-refractivity contribution in [1.29, 1.82) is 0 Å². The van der Waals surface area contributed by atoms with Gasteiger partial charge in [-0.1, -0.05) is 63.2 Å². The molecular weight excluding hydrogens is 330 g/mol. The quantitative estimate of drug-likeness (QED) is 0.885. The second kappa shape index (κ2) is 6.40. The molecule has 0 saturated carbocycles. The van der Waals surface area contributed by atoms with E-state index >= 15 is 0 Å². The number of benzene rings is 2. The normalized spacial score (nSPS) is 21.8. The van der Waals surface area contributed by atoms with Crippen molar-refractivity contribution in [3.63, 3.8) is 0 Å². The Morgan fingerprint density at radius 2 is 1.77 bits per heavy atom. The van der Waals surface area contributed by atoms with Gasteiger partial charge in [-0.2, -0.15) is 0 Å². The summed E-state index contributed by atoms with van der Waals surface area (Å²) in [6.45, 7) is 5.83. The minimum absolute atomic E-state index is 0.338. The molecule has 1 aliphatic rings. The predicted octanol–water partition coefficient (Wildman–Crippen LogP) is 3.37. The third kappa shape index (κ3) is 2.67. The maximum Gasteiger partial charge on any atom is 0.330 e. The van der Waals surface area contributed by atoms with Gasteiger partial charge in [0.2, 0.25) is 0 Å². The zero-order chi connectivity index (χ0) is 19.1. The van der Waals surface area contributed by atoms with Crippen LogP contribution in [0.3, 0.4) is 0 Å². The van der Waals surface area contributed by atoms with E-state index in [0.717, 1.165) is 10.8 Å². The Morgan fingerprint density at radius 3 is 2.42 bits per heavy atom. The maximum atomic E-state index is 13.2. The average Bonchev–Trinajstić information content (AvgIpc) is 3.06. The van der Waals surface area contributed by atoms with Gasteiger partial charge < -0.3 is 15.1 Å². The molecule has 26 heavy (non-hydrogen) atoms. The molecule has 1 unspecified atom stereocenters. The predicted molar refractivity (Wildman–Crippen MR) is 99.7 cm³/mol. The number of carbonyl (C=O) groups is 2. The van der Waals surface area contributed by atoms with Crippen molar-refractivity contribution < 1.29 is 19.8 Å². The SMILES string of the molecule is CC(C)(C)[C@@]1(C(=O)O)CCCN1C(=O)C(O)c1cccc2ccccc12. The van der Waals surface area contributed by atoms with Crippen LogP contribution < -0.4 is 0 Å². The van der Waals surface area contributed by atoms with E-state index in [1.165, 1.54) is 4.90 Å². The van der Waals surface area contributed by atoms with Crippen LogP contribution >= 0.6 is 0 Å². The number of carboxylic acid groups (broad SMARTS) is 1. The molecule has 138 valence electrons. The van der Waals surface area contributed by atoms with E-state index in [1.807, 2.05) is 51.1 Å². The molecule has 2 aromatic rings. The first-order valence-electron chi connectivity index (χ1n) is 8.91. The van der Waals surface area contributed by atoms with Gasteiger partial charge in [-0.15, -0.1) is 0 Å². The lowest BCUT2D eigenvalue weighted by Gasteiger charge is -2.45. The summed E-state index contributed by atoms with van der Waals surface area (Å²) in [6.07, 6.45) is -0.391. The molecular formula is C21H25NO4. The van der Waals surface area contributed by atoms with E-state index in [0.29, 0.717) is 24.9 Å². The number of rotatable bonds is 3. The standard InChI is InChI=1S/C21H25NO4/c1-20(2,3)21(19(25)26)12-7-13-22(21)18(24)17(23)16-11-6-9-14-8-4-5-10-15(14)16/h4-6,8-11,17,23H,7,12-13H2,1-3H3,(H,25,26)/t17?,21-/m0/s1. The molecule has 0 aliphatic carbocycles. The molecule has 0 radical (unpaired) electrons. The van der Waals surface area contributed by atoms with Gasteiger partial charge in [0.15, 0.2) is 6.10 Å². The van der Waals surface area contributed by atoms with E-state index in [1.54, 1.807) is 12.1 Å². The molecule has 1 fully saturated rings. The zero-order valence-corrected chi connectivity index (χ0v) is 15.4. The van der Waals surface area contributed by atoms with Crippen LogP contribution in [0.1, 0.15) is 45.3 Å². The molecule has 2 N–H and O–H groups in total.